The van der Waals surface area contributed by atoms with Gasteiger partial charge in [-0.1, -0.05) is 5.92 Å². The van der Waals surface area contributed by atoms with Crippen LogP contribution in [0.15, 0.2) is 0 Å². The average molecular weight is 182 g/mol. The minimum Gasteiger partial charge on any atom is -0.447 e. The van der Waals surface area contributed by atoms with Crippen LogP contribution in [0.1, 0.15) is 26.2 Å². The molecule has 1 heterocycles. The number of carbonyl (C=O) groups excluding carboxylic acids is 1. The lowest BCUT2D eigenvalue weighted by Gasteiger charge is -2.26. The second-order valence-electron chi connectivity index (χ2n) is 3.10. The number of terminal acetylenes is 1. The van der Waals surface area contributed by atoms with E-state index in [1.54, 1.807) is 0 Å². The molecule has 1 aliphatic rings. The first-order valence-corrected chi connectivity index (χ1v) is 4.49. The Morgan fingerprint density at radius 3 is 2.92 bits per heavy atom. The van der Waals surface area contributed by atoms with Crippen molar-refractivity contribution < 1.29 is 14.3 Å². The Labute approximate surface area is 78.4 Å². The Bertz CT molecular complexity index is 211. The van der Waals surface area contributed by atoms with Crippen LogP contribution in [-0.4, -0.2) is 24.8 Å². The molecule has 0 unspecified atom stereocenters. The number of carbonyl (C=O) groups is 1. The molecular formula is C10H14O3. The molecule has 0 spiro atoms. The second-order valence-corrected chi connectivity index (χ2v) is 3.10. The third kappa shape index (κ3) is 3.08. The molecule has 13 heavy (non-hydrogen) atoms. The van der Waals surface area contributed by atoms with E-state index in [9.17, 15) is 4.79 Å². The van der Waals surface area contributed by atoms with Gasteiger partial charge in [0, 0.05) is 13.5 Å². The van der Waals surface area contributed by atoms with Gasteiger partial charge in [0.2, 0.25) is 0 Å². The molecule has 0 aromatic rings. The number of hydrogen-bond donors (Lipinski definition) is 0. The molecule has 0 saturated carbocycles. The van der Waals surface area contributed by atoms with Gasteiger partial charge in [-0.3, -0.25) is 4.79 Å². The van der Waals surface area contributed by atoms with Gasteiger partial charge in [0.1, 0.15) is 6.10 Å². The Kier molecular flexibility index (Phi) is 3.78. The topological polar surface area (TPSA) is 35.5 Å². The van der Waals surface area contributed by atoms with Crippen LogP contribution in [0.4, 0.5) is 0 Å². The normalized spacial score (nSPS) is 24.5. The zero-order valence-corrected chi connectivity index (χ0v) is 7.79. The van der Waals surface area contributed by atoms with Crippen LogP contribution in [0.3, 0.4) is 0 Å². The fourth-order valence-electron chi connectivity index (χ4n) is 1.40. The molecule has 3 nitrogen and oxygen atoms in total. The molecule has 0 aromatic heterocycles. The van der Waals surface area contributed by atoms with Gasteiger partial charge in [0.25, 0.3) is 0 Å². The van der Waals surface area contributed by atoms with Gasteiger partial charge in [0.05, 0.1) is 0 Å². The summed E-state index contributed by atoms with van der Waals surface area (Å²) in [4.78, 5) is 10.7. The smallest absolute Gasteiger partial charge is 0.303 e. The first kappa shape index (κ1) is 10.1. The molecule has 0 N–H and O–H groups in total. The van der Waals surface area contributed by atoms with Crippen molar-refractivity contribution in [3.8, 4) is 12.3 Å². The van der Waals surface area contributed by atoms with E-state index in [-0.39, 0.29) is 12.1 Å². The van der Waals surface area contributed by atoms with Crippen LogP contribution < -0.4 is 0 Å². The van der Waals surface area contributed by atoms with Gasteiger partial charge >= 0.3 is 5.97 Å². The van der Waals surface area contributed by atoms with E-state index in [1.807, 2.05) is 0 Å². The highest BCUT2D eigenvalue weighted by atomic mass is 16.6. The Morgan fingerprint density at radius 2 is 2.46 bits per heavy atom. The van der Waals surface area contributed by atoms with Gasteiger partial charge in [-0.05, 0) is 19.3 Å². The summed E-state index contributed by atoms with van der Waals surface area (Å²) in [5.41, 5.74) is 0. The average Bonchev–Trinajstić information content (AvgIpc) is 2.15. The van der Waals surface area contributed by atoms with E-state index in [0.29, 0.717) is 6.61 Å². The van der Waals surface area contributed by atoms with Crippen molar-refractivity contribution in [3.05, 3.63) is 0 Å². The van der Waals surface area contributed by atoms with Gasteiger partial charge in [-0.2, -0.15) is 0 Å². The molecular weight excluding hydrogens is 168 g/mol. The second kappa shape index (κ2) is 4.88. The number of ether oxygens (including phenoxy) is 2. The van der Waals surface area contributed by atoms with Crippen LogP contribution in [0.2, 0.25) is 0 Å². The van der Waals surface area contributed by atoms with E-state index in [1.165, 1.54) is 6.92 Å². The highest BCUT2D eigenvalue weighted by molar-refractivity contribution is 5.66. The quantitative estimate of drug-likeness (QED) is 0.474. The lowest BCUT2D eigenvalue weighted by molar-refractivity contribution is -0.152. The molecule has 3 heteroatoms. The third-order valence-electron chi connectivity index (χ3n) is 2.01. The van der Waals surface area contributed by atoms with Crippen LogP contribution in [0, 0.1) is 12.3 Å². The first-order valence-electron chi connectivity index (χ1n) is 4.49. The number of hydrogen-bond acceptors (Lipinski definition) is 3. The van der Waals surface area contributed by atoms with Crippen molar-refractivity contribution in [2.45, 2.75) is 38.4 Å². The lowest BCUT2D eigenvalue weighted by Crippen LogP contribution is -2.34. The van der Waals surface area contributed by atoms with Crippen LogP contribution in [0.25, 0.3) is 0 Å². The van der Waals surface area contributed by atoms with Gasteiger partial charge in [-0.15, -0.1) is 6.42 Å². The molecule has 2 atom stereocenters. The molecule has 1 fully saturated rings. The monoisotopic (exact) mass is 182 g/mol. The zero-order chi connectivity index (χ0) is 9.68. The van der Waals surface area contributed by atoms with Gasteiger partial charge in [0.15, 0.2) is 6.10 Å². The summed E-state index contributed by atoms with van der Waals surface area (Å²) in [6, 6.07) is 0. The van der Waals surface area contributed by atoms with Crippen molar-refractivity contribution in [2.24, 2.45) is 0 Å². The summed E-state index contributed by atoms with van der Waals surface area (Å²) in [6.07, 6.45) is 7.65. The Hall–Kier alpha value is -1.01. The van der Waals surface area contributed by atoms with E-state index in [2.05, 4.69) is 5.92 Å². The van der Waals surface area contributed by atoms with Crippen molar-refractivity contribution in [1.29, 1.82) is 0 Å². The van der Waals surface area contributed by atoms with E-state index in [0.717, 1.165) is 19.3 Å². The summed E-state index contributed by atoms with van der Waals surface area (Å²) < 4.78 is 10.4. The SMILES string of the molecule is C#C[C@H](OC(C)=O)[C@H]1CCCCO1. The zero-order valence-electron chi connectivity index (χ0n) is 7.79. The minimum atomic E-state index is -0.516. The van der Waals surface area contributed by atoms with Crippen molar-refractivity contribution in [1.82, 2.24) is 0 Å². The maximum absolute atomic E-state index is 10.7. The van der Waals surface area contributed by atoms with E-state index < -0.39 is 6.10 Å². The fraction of sp³-hybridized carbons (Fsp3) is 0.700. The molecule has 1 rings (SSSR count). The van der Waals surface area contributed by atoms with E-state index >= 15 is 0 Å². The van der Waals surface area contributed by atoms with Crippen LogP contribution in [-0.2, 0) is 14.3 Å². The predicted octanol–water partition coefficient (Wildman–Crippen LogP) is 1.12. The van der Waals surface area contributed by atoms with Crippen molar-refractivity contribution in [3.63, 3.8) is 0 Å². The summed E-state index contributed by atoms with van der Waals surface area (Å²) in [5, 5.41) is 0. The maximum atomic E-state index is 10.7. The van der Waals surface area contributed by atoms with Crippen molar-refractivity contribution >= 4 is 5.97 Å². The van der Waals surface area contributed by atoms with Crippen molar-refractivity contribution in [2.75, 3.05) is 6.61 Å². The molecule has 0 bridgehead atoms. The number of rotatable bonds is 2. The molecule has 1 saturated heterocycles. The maximum Gasteiger partial charge on any atom is 0.303 e. The third-order valence-corrected chi connectivity index (χ3v) is 2.01. The highest BCUT2D eigenvalue weighted by Gasteiger charge is 2.24. The molecule has 0 radical (unpaired) electrons. The Morgan fingerprint density at radius 1 is 1.69 bits per heavy atom. The summed E-state index contributed by atoms with van der Waals surface area (Å²) >= 11 is 0. The molecule has 0 amide bonds. The Balaban J connectivity index is 2.45. The highest BCUT2D eigenvalue weighted by Crippen LogP contribution is 2.17. The van der Waals surface area contributed by atoms with Crippen LogP contribution in [0.5, 0.6) is 0 Å². The summed E-state index contributed by atoms with van der Waals surface area (Å²) in [6.45, 7) is 2.07. The summed E-state index contributed by atoms with van der Waals surface area (Å²) in [7, 11) is 0. The standard InChI is InChI=1S/C10H14O3/c1-3-9(13-8(2)11)10-6-4-5-7-12-10/h1,9-10H,4-7H2,2H3/t9-,10+/m0/s1. The summed E-state index contributed by atoms with van der Waals surface area (Å²) in [5.74, 6) is 2.09. The largest absolute Gasteiger partial charge is 0.447 e. The molecule has 0 aliphatic carbocycles. The van der Waals surface area contributed by atoms with Gasteiger partial charge in [-0.25, -0.2) is 0 Å². The first-order chi connectivity index (χ1) is 6.24. The molecule has 0 aromatic carbocycles. The predicted molar refractivity (Wildman–Crippen MR) is 48.0 cm³/mol. The lowest BCUT2D eigenvalue weighted by atomic mass is 10.0. The molecule has 72 valence electrons. The molecule has 1 aliphatic heterocycles. The number of esters is 1. The van der Waals surface area contributed by atoms with Gasteiger partial charge < -0.3 is 9.47 Å². The van der Waals surface area contributed by atoms with E-state index in [4.69, 9.17) is 15.9 Å². The minimum absolute atomic E-state index is 0.109. The fourth-order valence-corrected chi connectivity index (χ4v) is 1.40. The van der Waals surface area contributed by atoms with Crippen LogP contribution >= 0.6 is 0 Å².